The van der Waals surface area contributed by atoms with Gasteiger partial charge in [-0.3, -0.25) is 9.78 Å². The molecule has 6 rings (SSSR count). The highest BCUT2D eigenvalue weighted by atomic mass is 16.5. The molecular formula is C19H26N4O2. The van der Waals surface area contributed by atoms with Gasteiger partial charge in [-0.15, -0.1) is 0 Å². The summed E-state index contributed by atoms with van der Waals surface area (Å²) in [7, 11) is 0. The zero-order chi connectivity index (χ0) is 16.8. The Labute approximate surface area is 148 Å². The second-order valence-corrected chi connectivity index (χ2v) is 8.07. The van der Waals surface area contributed by atoms with Gasteiger partial charge in [0, 0.05) is 26.2 Å². The van der Waals surface area contributed by atoms with E-state index in [0.29, 0.717) is 32.0 Å². The highest BCUT2D eigenvalue weighted by Crippen LogP contribution is 2.52. The molecule has 2 atom stereocenters. The third-order valence-corrected chi connectivity index (χ3v) is 6.90. The Hall–Kier alpha value is -1.69. The Morgan fingerprint density at radius 3 is 2.28 bits per heavy atom. The van der Waals surface area contributed by atoms with Gasteiger partial charge in [-0.25, -0.2) is 4.98 Å². The van der Waals surface area contributed by atoms with E-state index in [4.69, 9.17) is 4.74 Å². The largest absolute Gasteiger partial charge is 0.378 e. The lowest BCUT2D eigenvalue weighted by Crippen LogP contribution is -2.41. The predicted molar refractivity (Wildman–Crippen MR) is 93.4 cm³/mol. The average molecular weight is 342 g/mol. The molecule has 1 amide bonds. The molecule has 6 heteroatoms. The minimum absolute atomic E-state index is 0.0191. The smallest absolute Gasteiger partial charge is 0.274 e. The lowest BCUT2D eigenvalue weighted by Gasteiger charge is -2.44. The van der Waals surface area contributed by atoms with E-state index in [0.717, 1.165) is 42.6 Å². The first kappa shape index (κ1) is 15.6. The van der Waals surface area contributed by atoms with E-state index in [1.807, 2.05) is 11.1 Å². The van der Waals surface area contributed by atoms with Crippen LogP contribution >= 0.6 is 0 Å². The van der Waals surface area contributed by atoms with Crippen molar-refractivity contribution in [1.29, 1.82) is 0 Å². The van der Waals surface area contributed by atoms with Crippen molar-refractivity contribution in [3.05, 3.63) is 18.1 Å². The minimum atomic E-state index is -0.0191. The summed E-state index contributed by atoms with van der Waals surface area (Å²) >= 11 is 0. The van der Waals surface area contributed by atoms with Crippen LogP contribution in [-0.4, -0.2) is 60.2 Å². The van der Waals surface area contributed by atoms with Crippen LogP contribution in [0.2, 0.25) is 0 Å². The Morgan fingerprint density at radius 1 is 1.00 bits per heavy atom. The molecule has 25 heavy (non-hydrogen) atoms. The molecule has 3 aliphatic carbocycles. The maximum Gasteiger partial charge on any atom is 0.274 e. The van der Waals surface area contributed by atoms with Gasteiger partial charge < -0.3 is 14.5 Å². The number of morpholine rings is 1. The second-order valence-electron chi connectivity index (χ2n) is 8.07. The maximum atomic E-state index is 12.7. The molecule has 3 heterocycles. The second kappa shape index (κ2) is 6.24. The molecule has 5 aliphatic rings. The summed E-state index contributed by atoms with van der Waals surface area (Å²) in [6, 6.07) is 0. The van der Waals surface area contributed by atoms with E-state index < -0.39 is 0 Å². The first-order chi connectivity index (χ1) is 12.3. The van der Waals surface area contributed by atoms with Crippen molar-refractivity contribution < 1.29 is 9.53 Å². The number of nitrogens with zero attached hydrogens (tertiary/aromatic N) is 4. The zero-order valence-electron chi connectivity index (χ0n) is 14.6. The number of rotatable bonds is 2. The number of hydrogen-bond acceptors (Lipinski definition) is 5. The SMILES string of the molecule is O=C(c1cncc(N2C[C@@H]3C4CCC(CC4)[C@@H]3C2)n1)N1CCOCC1. The highest BCUT2D eigenvalue weighted by molar-refractivity contribution is 5.92. The quantitative estimate of drug-likeness (QED) is 0.820. The molecule has 0 radical (unpaired) electrons. The van der Waals surface area contributed by atoms with Crippen molar-refractivity contribution in [2.45, 2.75) is 25.7 Å². The van der Waals surface area contributed by atoms with Crippen LogP contribution in [0, 0.1) is 23.7 Å². The van der Waals surface area contributed by atoms with Crippen LogP contribution in [0.3, 0.4) is 0 Å². The molecule has 5 fully saturated rings. The molecular weight excluding hydrogens is 316 g/mol. The van der Waals surface area contributed by atoms with Crippen LogP contribution in [0.1, 0.15) is 36.2 Å². The van der Waals surface area contributed by atoms with Crippen molar-refractivity contribution in [2.75, 3.05) is 44.3 Å². The van der Waals surface area contributed by atoms with E-state index in [-0.39, 0.29) is 5.91 Å². The molecule has 2 saturated heterocycles. The fraction of sp³-hybridized carbons (Fsp3) is 0.737. The third kappa shape index (κ3) is 2.71. The maximum absolute atomic E-state index is 12.7. The summed E-state index contributed by atoms with van der Waals surface area (Å²) in [6.07, 6.45) is 9.10. The van der Waals surface area contributed by atoms with Gasteiger partial charge in [0.05, 0.1) is 25.6 Å². The summed E-state index contributed by atoms with van der Waals surface area (Å²) in [5.41, 5.74) is 0.470. The van der Waals surface area contributed by atoms with Gasteiger partial charge in [-0.05, 0) is 49.4 Å². The van der Waals surface area contributed by atoms with Crippen LogP contribution in [0.25, 0.3) is 0 Å². The summed E-state index contributed by atoms with van der Waals surface area (Å²) in [6.45, 7) is 4.68. The summed E-state index contributed by atoms with van der Waals surface area (Å²) < 4.78 is 5.33. The standard InChI is InChI=1S/C19H26N4O2/c24-19(22-5-7-25-8-6-22)17-9-20-10-18(21-17)23-11-15-13-1-2-14(4-3-13)16(15)12-23/h9-10,13-16H,1-8,11-12H2/t13?,14?,15-,16+. The van der Waals surface area contributed by atoms with E-state index in [9.17, 15) is 4.79 Å². The highest BCUT2D eigenvalue weighted by Gasteiger charge is 2.48. The van der Waals surface area contributed by atoms with E-state index >= 15 is 0 Å². The Kier molecular flexibility index (Phi) is 3.88. The molecule has 0 aromatic carbocycles. The molecule has 0 unspecified atom stereocenters. The Balaban J connectivity index is 1.34. The van der Waals surface area contributed by atoms with Crippen molar-refractivity contribution in [1.82, 2.24) is 14.9 Å². The van der Waals surface area contributed by atoms with Gasteiger partial charge in [-0.1, -0.05) is 0 Å². The fourth-order valence-corrected chi connectivity index (χ4v) is 5.58. The summed E-state index contributed by atoms with van der Waals surface area (Å²) in [4.78, 5) is 25.9. The van der Waals surface area contributed by atoms with Crippen molar-refractivity contribution >= 4 is 11.7 Å². The first-order valence-corrected chi connectivity index (χ1v) is 9.73. The molecule has 3 saturated carbocycles. The van der Waals surface area contributed by atoms with Crippen molar-refractivity contribution in [3.8, 4) is 0 Å². The van der Waals surface area contributed by atoms with Gasteiger partial charge in [0.2, 0.25) is 0 Å². The normalized spacial score (nSPS) is 34.2. The summed E-state index contributed by atoms with van der Waals surface area (Å²) in [5, 5.41) is 0. The number of anilines is 1. The third-order valence-electron chi connectivity index (χ3n) is 6.90. The van der Waals surface area contributed by atoms with E-state index in [2.05, 4.69) is 14.9 Å². The van der Waals surface area contributed by atoms with Gasteiger partial charge in [0.15, 0.2) is 0 Å². The minimum Gasteiger partial charge on any atom is -0.378 e. The Bertz CT molecular complexity index is 633. The lowest BCUT2D eigenvalue weighted by molar-refractivity contribution is 0.0299. The Morgan fingerprint density at radius 2 is 1.64 bits per heavy atom. The number of ether oxygens (including phenoxy) is 1. The van der Waals surface area contributed by atoms with Gasteiger partial charge in [0.1, 0.15) is 11.5 Å². The molecule has 0 spiro atoms. The number of amides is 1. The number of aromatic nitrogens is 2. The molecule has 2 bridgehead atoms. The van der Waals surface area contributed by atoms with Crippen LogP contribution in [0.15, 0.2) is 12.4 Å². The van der Waals surface area contributed by atoms with Crippen LogP contribution < -0.4 is 4.90 Å². The monoisotopic (exact) mass is 342 g/mol. The molecule has 1 aromatic rings. The molecule has 1 aromatic heterocycles. The lowest BCUT2D eigenvalue weighted by atomic mass is 9.60. The fourth-order valence-electron chi connectivity index (χ4n) is 5.58. The van der Waals surface area contributed by atoms with Crippen molar-refractivity contribution in [2.24, 2.45) is 23.7 Å². The van der Waals surface area contributed by atoms with Gasteiger partial charge in [0.25, 0.3) is 5.91 Å². The van der Waals surface area contributed by atoms with E-state index in [1.54, 1.807) is 6.20 Å². The summed E-state index contributed by atoms with van der Waals surface area (Å²) in [5.74, 6) is 4.33. The number of carbonyl (C=O) groups excluding carboxylic acids is 1. The van der Waals surface area contributed by atoms with E-state index in [1.165, 1.54) is 25.7 Å². The molecule has 0 N–H and O–H groups in total. The average Bonchev–Trinajstić information content (AvgIpc) is 3.17. The molecule has 134 valence electrons. The van der Waals surface area contributed by atoms with Crippen LogP contribution in [0.4, 0.5) is 5.82 Å². The number of fused-ring (bicyclic) bond motifs is 2. The zero-order valence-corrected chi connectivity index (χ0v) is 14.6. The molecule has 2 aliphatic heterocycles. The van der Waals surface area contributed by atoms with Crippen LogP contribution in [0.5, 0.6) is 0 Å². The van der Waals surface area contributed by atoms with Crippen molar-refractivity contribution in [3.63, 3.8) is 0 Å². The molecule has 6 nitrogen and oxygen atoms in total. The predicted octanol–water partition coefficient (Wildman–Crippen LogP) is 1.82. The van der Waals surface area contributed by atoms with Crippen LogP contribution in [-0.2, 0) is 4.74 Å². The number of hydrogen-bond donors (Lipinski definition) is 0. The van der Waals surface area contributed by atoms with Gasteiger partial charge >= 0.3 is 0 Å². The topological polar surface area (TPSA) is 58.6 Å². The first-order valence-electron chi connectivity index (χ1n) is 9.73. The van der Waals surface area contributed by atoms with Gasteiger partial charge in [-0.2, -0.15) is 0 Å². The number of carbonyl (C=O) groups is 1.